The number of alkyl halides is 2. The molecule has 116 valence electrons. The number of nitrogen functional groups attached to an aromatic ring is 1. The van der Waals surface area contributed by atoms with Gasteiger partial charge in [0.15, 0.2) is 0 Å². The molecule has 0 radical (unpaired) electrons. The molecule has 1 aliphatic carbocycles. The number of anilines is 1. The lowest BCUT2D eigenvalue weighted by Crippen LogP contribution is -2.45. The van der Waals surface area contributed by atoms with Crippen LogP contribution in [-0.4, -0.2) is 37.1 Å². The number of hydrogen-bond donors (Lipinski definition) is 1. The lowest BCUT2D eigenvalue weighted by molar-refractivity contribution is -0.0767. The first-order valence-electron chi connectivity index (χ1n) is 7.50. The van der Waals surface area contributed by atoms with Crippen molar-refractivity contribution in [1.29, 1.82) is 0 Å². The number of ether oxygens (including phenoxy) is 1. The molecule has 0 spiro atoms. The highest BCUT2D eigenvalue weighted by Gasteiger charge is 2.45. The van der Waals surface area contributed by atoms with Crippen molar-refractivity contribution >= 4 is 5.69 Å². The topological polar surface area (TPSA) is 38.5 Å². The molecule has 2 aliphatic rings. The first kappa shape index (κ1) is 14.6. The van der Waals surface area contributed by atoms with Gasteiger partial charge in [-0.3, -0.25) is 0 Å². The van der Waals surface area contributed by atoms with E-state index in [-0.39, 0.29) is 12.6 Å². The Morgan fingerprint density at radius 3 is 2.62 bits per heavy atom. The van der Waals surface area contributed by atoms with Crippen molar-refractivity contribution in [2.75, 3.05) is 25.9 Å². The number of piperidine rings is 1. The molecule has 3 nitrogen and oxygen atoms in total. The molecule has 2 N–H and O–H groups in total. The summed E-state index contributed by atoms with van der Waals surface area (Å²) in [5.74, 6) is -2.91. The summed E-state index contributed by atoms with van der Waals surface area (Å²) in [6.45, 7) is 2.34. The zero-order valence-electron chi connectivity index (χ0n) is 12.5. The summed E-state index contributed by atoms with van der Waals surface area (Å²) >= 11 is 0. The molecule has 5 heteroatoms. The van der Waals surface area contributed by atoms with E-state index in [4.69, 9.17) is 10.5 Å². The van der Waals surface area contributed by atoms with Crippen LogP contribution in [0.4, 0.5) is 14.5 Å². The summed E-state index contributed by atoms with van der Waals surface area (Å²) in [5.41, 5.74) is 8.01. The van der Waals surface area contributed by atoms with E-state index in [0.29, 0.717) is 30.0 Å². The highest BCUT2D eigenvalue weighted by molar-refractivity contribution is 5.58. The molecule has 1 aromatic rings. The number of aryl methyl sites for hydroxylation is 1. The molecule has 1 saturated carbocycles. The van der Waals surface area contributed by atoms with E-state index in [9.17, 15) is 8.78 Å². The lowest BCUT2D eigenvalue weighted by atomic mass is 9.84. The number of halogens is 2. The van der Waals surface area contributed by atoms with Gasteiger partial charge in [0, 0.05) is 0 Å². The molecule has 3 rings (SSSR count). The molecule has 1 heterocycles. The van der Waals surface area contributed by atoms with Crippen molar-refractivity contribution < 1.29 is 13.5 Å². The van der Waals surface area contributed by atoms with Gasteiger partial charge in [0.1, 0.15) is 5.75 Å². The summed E-state index contributed by atoms with van der Waals surface area (Å²) in [5, 5.41) is 0. The van der Waals surface area contributed by atoms with Crippen LogP contribution in [-0.2, 0) is 0 Å². The van der Waals surface area contributed by atoms with Crippen LogP contribution in [0.3, 0.4) is 0 Å². The molecule has 0 amide bonds. The van der Waals surface area contributed by atoms with Crippen molar-refractivity contribution in [3.63, 3.8) is 0 Å². The van der Waals surface area contributed by atoms with E-state index in [2.05, 4.69) is 0 Å². The number of rotatable bonds is 3. The van der Waals surface area contributed by atoms with Gasteiger partial charge in [-0.05, 0) is 63.0 Å². The van der Waals surface area contributed by atoms with Crippen LogP contribution in [0.25, 0.3) is 0 Å². The smallest absolute Gasteiger partial charge is 0.267 e. The predicted molar refractivity (Wildman–Crippen MR) is 79.0 cm³/mol. The Bertz CT molecular complexity index is 543. The third-order valence-corrected chi connectivity index (χ3v) is 4.38. The van der Waals surface area contributed by atoms with E-state index in [0.717, 1.165) is 18.4 Å². The second kappa shape index (κ2) is 5.13. The second-order valence-corrected chi connectivity index (χ2v) is 6.40. The van der Waals surface area contributed by atoms with Crippen molar-refractivity contribution in [3.05, 3.63) is 23.3 Å². The predicted octanol–water partition coefficient (Wildman–Crippen LogP) is 3.17. The van der Waals surface area contributed by atoms with Crippen LogP contribution in [0.1, 0.15) is 36.3 Å². The van der Waals surface area contributed by atoms with E-state index < -0.39 is 11.8 Å². The van der Waals surface area contributed by atoms with E-state index in [1.807, 2.05) is 6.92 Å². The molecule has 1 aliphatic heterocycles. The largest absolute Gasteiger partial charge is 0.488 e. The molecular formula is C16H22F2N2O. The normalized spacial score (nSPS) is 25.8. The van der Waals surface area contributed by atoms with Gasteiger partial charge in [-0.2, -0.15) is 0 Å². The van der Waals surface area contributed by atoms with Crippen molar-refractivity contribution in [2.45, 2.75) is 44.1 Å². The van der Waals surface area contributed by atoms with Gasteiger partial charge in [-0.1, -0.05) is 0 Å². The first-order chi connectivity index (χ1) is 9.87. The van der Waals surface area contributed by atoms with Crippen LogP contribution in [0.15, 0.2) is 12.1 Å². The fraction of sp³-hybridized carbons (Fsp3) is 0.625. The summed E-state index contributed by atoms with van der Waals surface area (Å²) < 4.78 is 34.5. The molecule has 2 fully saturated rings. The molecular weight excluding hydrogens is 274 g/mol. The first-order valence-corrected chi connectivity index (χ1v) is 7.50. The molecule has 1 aromatic carbocycles. The molecule has 1 atom stereocenters. The Kier molecular flexibility index (Phi) is 3.56. The highest BCUT2D eigenvalue weighted by Crippen LogP contribution is 2.43. The van der Waals surface area contributed by atoms with Crippen LogP contribution < -0.4 is 10.5 Å². The third-order valence-electron chi connectivity index (χ3n) is 4.38. The van der Waals surface area contributed by atoms with Gasteiger partial charge in [-0.25, -0.2) is 8.78 Å². The maximum absolute atomic E-state index is 14.4. The molecule has 0 aromatic heterocycles. The Hall–Kier alpha value is -1.36. The average Bonchev–Trinajstić information content (AvgIpc) is 3.16. The Morgan fingerprint density at radius 1 is 1.29 bits per heavy atom. The summed E-state index contributed by atoms with van der Waals surface area (Å²) in [7, 11) is 1.74. The summed E-state index contributed by atoms with van der Waals surface area (Å²) in [6, 6.07) is 3.51. The van der Waals surface area contributed by atoms with E-state index in [1.54, 1.807) is 24.1 Å². The van der Waals surface area contributed by atoms with Crippen molar-refractivity contribution in [3.8, 4) is 5.75 Å². The van der Waals surface area contributed by atoms with E-state index >= 15 is 0 Å². The maximum atomic E-state index is 14.4. The van der Waals surface area contributed by atoms with Crippen LogP contribution >= 0.6 is 0 Å². The molecule has 1 unspecified atom stereocenters. The summed E-state index contributed by atoms with van der Waals surface area (Å²) in [6.07, 6.45) is 2.71. The van der Waals surface area contributed by atoms with Crippen molar-refractivity contribution in [1.82, 2.24) is 4.90 Å². The zero-order valence-corrected chi connectivity index (χ0v) is 12.5. The van der Waals surface area contributed by atoms with Crippen molar-refractivity contribution in [2.24, 2.45) is 0 Å². The van der Waals surface area contributed by atoms with Gasteiger partial charge in [0.25, 0.3) is 5.92 Å². The zero-order chi connectivity index (χ0) is 15.2. The number of nitrogens with two attached hydrogens (primary N) is 1. The van der Waals surface area contributed by atoms with Crippen LogP contribution in [0, 0.1) is 6.92 Å². The SMILES string of the molecule is Cc1cc(N)c(OC2CC2)cc1C1CCN(C)CC1(F)F. The number of likely N-dealkylation sites (tertiary alicyclic amines) is 1. The molecule has 0 bridgehead atoms. The third kappa shape index (κ3) is 2.98. The standard InChI is InChI=1S/C16H22F2N2O/c1-10-7-14(19)15(21-11-3-4-11)8-12(10)13-5-6-20(2)9-16(13,17)18/h7-8,11,13H,3-6,9,19H2,1-2H3. The quantitative estimate of drug-likeness (QED) is 0.871. The second-order valence-electron chi connectivity index (χ2n) is 6.40. The van der Waals surface area contributed by atoms with Crippen LogP contribution in [0.2, 0.25) is 0 Å². The van der Waals surface area contributed by atoms with Gasteiger partial charge < -0.3 is 15.4 Å². The van der Waals surface area contributed by atoms with Gasteiger partial charge >= 0.3 is 0 Å². The fourth-order valence-corrected chi connectivity index (χ4v) is 3.06. The lowest BCUT2D eigenvalue weighted by Gasteiger charge is -2.37. The van der Waals surface area contributed by atoms with E-state index in [1.165, 1.54) is 0 Å². The fourth-order valence-electron chi connectivity index (χ4n) is 3.06. The Morgan fingerprint density at radius 2 is 2.00 bits per heavy atom. The Balaban J connectivity index is 1.92. The van der Waals surface area contributed by atoms with Gasteiger partial charge in [0.2, 0.25) is 0 Å². The summed E-state index contributed by atoms with van der Waals surface area (Å²) in [4.78, 5) is 1.69. The number of benzene rings is 1. The molecule has 21 heavy (non-hydrogen) atoms. The maximum Gasteiger partial charge on any atom is 0.267 e. The van der Waals surface area contributed by atoms with Crippen LogP contribution in [0.5, 0.6) is 5.75 Å². The number of nitrogens with zero attached hydrogens (tertiary/aromatic N) is 1. The Labute approximate surface area is 124 Å². The molecule has 1 saturated heterocycles. The minimum Gasteiger partial charge on any atom is -0.488 e. The monoisotopic (exact) mass is 296 g/mol. The number of hydrogen-bond acceptors (Lipinski definition) is 3. The minimum atomic E-state index is -2.72. The average molecular weight is 296 g/mol. The van der Waals surface area contributed by atoms with Gasteiger partial charge in [-0.15, -0.1) is 0 Å². The highest BCUT2D eigenvalue weighted by atomic mass is 19.3. The van der Waals surface area contributed by atoms with Gasteiger partial charge in [0.05, 0.1) is 24.3 Å². The minimum absolute atomic E-state index is 0.194.